The second kappa shape index (κ2) is 12.2. The fourth-order valence-electron chi connectivity index (χ4n) is 6.92. The quantitative estimate of drug-likeness (QED) is 0.202. The van der Waals surface area contributed by atoms with Crippen LogP contribution in [0.4, 0.5) is 0 Å². The van der Waals surface area contributed by atoms with Gasteiger partial charge in [-0.2, -0.15) is 0 Å². The van der Waals surface area contributed by atoms with Crippen LogP contribution in [0, 0.1) is 0 Å². The molecule has 0 spiro atoms. The van der Waals surface area contributed by atoms with Crippen LogP contribution in [0.25, 0.3) is 0 Å². The number of ether oxygens (including phenoxy) is 3. The van der Waals surface area contributed by atoms with Crippen molar-refractivity contribution in [3.63, 3.8) is 0 Å². The van der Waals surface area contributed by atoms with E-state index in [0.29, 0.717) is 29.4 Å². The third-order valence-corrected chi connectivity index (χ3v) is 9.70. The first-order chi connectivity index (χ1) is 21.6. The Hall–Kier alpha value is -4.40. The molecule has 0 saturated carbocycles. The van der Waals surface area contributed by atoms with Crippen molar-refractivity contribution in [2.75, 3.05) is 48.5 Å². The first kappa shape index (κ1) is 30.6. The Morgan fingerprint density at radius 2 is 1.33 bits per heavy atom. The van der Waals surface area contributed by atoms with E-state index in [-0.39, 0.29) is 29.3 Å². The van der Waals surface area contributed by atoms with Gasteiger partial charge in [0.05, 0.1) is 34.9 Å². The molecule has 2 aliphatic rings. The van der Waals surface area contributed by atoms with Crippen LogP contribution in [-0.4, -0.2) is 73.2 Å². The Kier molecular flexibility index (Phi) is 8.29. The van der Waals surface area contributed by atoms with Gasteiger partial charge >= 0.3 is 0 Å². The lowest BCUT2D eigenvalue weighted by Crippen LogP contribution is -2.48. The molecule has 0 amide bonds. The van der Waals surface area contributed by atoms with Gasteiger partial charge in [0, 0.05) is 31.0 Å². The molecule has 0 fully saturated rings. The second-order valence-corrected chi connectivity index (χ2v) is 12.9. The molecule has 2 heterocycles. The highest BCUT2D eigenvalue weighted by Crippen LogP contribution is 2.42. The van der Waals surface area contributed by atoms with Crippen LogP contribution in [-0.2, 0) is 25.7 Å². The highest BCUT2D eigenvalue weighted by atomic mass is 16.5. The van der Waals surface area contributed by atoms with Crippen LogP contribution in [0.5, 0.6) is 40.2 Å². The van der Waals surface area contributed by atoms with Gasteiger partial charge in [-0.15, -0.1) is 0 Å². The molecule has 0 bridgehead atoms. The van der Waals surface area contributed by atoms with Gasteiger partial charge in [-0.05, 0) is 96.2 Å². The van der Waals surface area contributed by atoms with Crippen molar-refractivity contribution in [2.24, 2.45) is 0 Å². The summed E-state index contributed by atoms with van der Waals surface area (Å²) in [6.07, 6.45) is 3.33. The lowest BCUT2D eigenvalue weighted by atomic mass is 9.87. The molecule has 8 nitrogen and oxygen atoms in total. The number of phenols is 3. The minimum absolute atomic E-state index is 0.0674. The lowest BCUT2D eigenvalue weighted by Gasteiger charge is -2.43. The van der Waals surface area contributed by atoms with Crippen molar-refractivity contribution >= 4 is 0 Å². The topological polar surface area (TPSA) is 91.6 Å². The van der Waals surface area contributed by atoms with Crippen molar-refractivity contribution in [3.05, 3.63) is 100 Å². The molecular formula is C37H43N2O6+. The zero-order chi connectivity index (χ0) is 31.9. The van der Waals surface area contributed by atoms with Crippen molar-refractivity contribution in [3.8, 4) is 40.2 Å². The number of fused-ring (bicyclic) bond motifs is 2. The standard InChI is InChI=1S/C37H42N2O6/c1-38-14-12-25-19-35(43-4)33(41)21-28(25)30(38)16-24-8-11-32(40)37(18-24)45-27-9-6-23(7-10-27)17-31-29-22-34(42)36(44-5)20-26(29)13-15-39(31,2)3/h6-11,18-22,30-31H,12-17H2,1-5H3,(H2-,40,41,42)/p+1/t30-,31-/m1/s1. The zero-order valence-electron chi connectivity index (χ0n) is 26.7. The number of phenolic OH excluding ortho intramolecular Hbond substituents is 3. The molecule has 8 heteroatoms. The molecule has 0 aromatic heterocycles. The minimum atomic E-state index is 0.0674. The van der Waals surface area contributed by atoms with E-state index >= 15 is 0 Å². The summed E-state index contributed by atoms with van der Waals surface area (Å²) in [4.78, 5) is 2.29. The van der Waals surface area contributed by atoms with Crippen molar-refractivity contribution in [1.82, 2.24) is 4.90 Å². The molecule has 2 aliphatic heterocycles. The van der Waals surface area contributed by atoms with Crippen LogP contribution in [0.2, 0.25) is 0 Å². The Morgan fingerprint density at radius 1 is 0.711 bits per heavy atom. The largest absolute Gasteiger partial charge is 0.504 e. The van der Waals surface area contributed by atoms with Crippen LogP contribution < -0.4 is 14.2 Å². The third kappa shape index (κ3) is 6.13. The number of rotatable bonds is 8. The monoisotopic (exact) mass is 611 g/mol. The molecule has 0 aliphatic carbocycles. The summed E-state index contributed by atoms with van der Waals surface area (Å²) < 4.78 is 17.7. The maximum atomic E-state index is 10.7. The lowest BCUT2D eigenvalue weighted by molar-refractivity contribution is -0.923. The highest BCUT2D eigenvalue weighted by Gasteiger charge is 2.36. The molecule has 236 valence electrons. The number of likely N-dealkylation sites (N-methyl/N-ethyl adjacent to an activating group) is 2. The smallest absolute Gasteiger partial charge is 0.169 e. The molecule has 4 aromatic rings. The van der Waals surface area contributed by atoms with Gasteiger partial charge in [-0.1, -0.05) is 18.2 Å². The van der Waals surface area contributed by atoms with Crippen molar-refractivity contribution < 1.29 is 34.0 Å². The summed E-state index contributed by atoms with van der Waals surface area (Å²) in [5.74, 6) is 2.45. The maximum absolute atomic E-state index is 10.7. The molecular weight excluding hydrogens is 568 g/mol. The predicted octanol–water partition coefficient (Wildman–Crippen LogP) is 6.30. The van der Waals surface area contributed by atoms with E-state index in [1.165, 1.54) is 16.7 Å². The number of nitrogens with zero attached hydrogens (tertiary/aromatic N) is 2. The van der Waals surface area contributed by atoms with E-state index in [1.807, 2.05) is 48.5 Å². The fourth-order valence-corrected chi connectivity index (χ4v) is 6.92. The number of hydrogen-bond acceptors (Lipinski definition) is 7. The summed E-state index contributed by atoms with van der Waals surface area (Å²) in [5, 5.41) is 31.7. The van der Waals surface area contributed by atoms with E-state index in [9.17, 15) is 15.3 Å². The predicted molar refractivity (Wildman–Crippen MR) is 174 cm³/mol. The van der Waals surface area contributed by atoms with E-state index in [0.717, 1.165) is 53.5 Å². The van der Waals surface area contributed by atoms with Gasteiger partial charge in [0.25, 0.3) is 0 Å². The molecule has 6 rings (SSSR count). The molecule has 45 heavy (non-hydrogen) atoms. The Labute approximate surface area is 265 Å². The molecule has 2 atom stereocenters. The van der Waals surface area contributed by atoms with Gasteiger partial charge in [-0.25, -0.2) is 0 Å². The van der Waals surface area contributed by atoms with Crippen molar-refractivity contribution in [2.45, 2.75) is 37.8 Å². The van der Waals surface area contributed by atoms with Crippen LogP contribution in [0.1, 0.15) is 45.5 Å². The SMILES string of the molecule is COc1cc2c(cc1O)[C@@H](Cc1ccc(O)c(Oc3ccc(C[C@@H]4c5cc(O)c(OC)cc5CC[N+]4(C)C)cc3)c1)N(C)CC2. The number of methoxy groups -OCH3 is 2. The van der Waals surface area contributed by atoms with E-state index in [2.05, 4.69) is 38.2 Å². The molecule has 0 radical (unpaired) electrons. The van der Waals surface area contributed by atoms with E-state index in [1.54, 1.807) is 20.3 Å². The van der Waals surface area contributed by atoms with Gasteiger partial charge in [-0.3, -0.25) is 4.90 Å². The summed E-state index contributed by atoms with van der Waals surface area (Å²) in [6.45, 7) is 1.90. The minimum Gasteiger partial charge on any atom is -0.504 e. The van der Waals surface area contributed by atoms with Gasteiger partial charge in [0.15, 0.2) is 34.5 Å². The highest BCUT2D eigenvalue weighted by molar-refractivity contribution is 5.51. The zero-order valence-corrected chi connectivity index (χ0v) is 26.7. The normalized spacial score (nSPS) is 19.0. The summed E-state index contributed by atoms with van der Waals surface area (Å²) in [7, 11) is 9.73. The average molecular weight is 612 g/mol. The summed E-state index contributed by atoms with van der Waals surface area (Å²) in [5.41, 5.74) is 6.84. The first-order valence-electron chi connectivity index (χ1n) is 15.5. The van der Waals surface area contributed by atoms with Crippen LogP contribution in [0.15, 0.2) is 66.7 Å². The molecule has 4 aromatic carbocycles. The van der Waals surface area contributed by atoms with Gasteiger partial charge < -0.3 is 34.0 Å². The Morgan fingerprint density at radius 3 is 2.00 bits per heavy atom. The van der Waals surface area contributed by atoms with E-state index in [4.69, 9.17) is 14.2 Å². The van der Waals surface area contributed by atoms with Crippen LogP contribution >= 0.6 is 0 Å². The summed E-state index contributed by atoms with van der Waals surface area (Å²) in [6, 6.07) is 21.4. The van der Waals surface area contributed by atoms with Crippen LogP contribution in [0.3, 0.4) is 0 Å². The second-order valence-electron chi connectivity index (χ2n) is 12.9. The molecule has 3 N–H and O–H groups in total. The number of aromatic hydroxyl groups is 3. The number of hydrogen-bond donors (Lipinski definition) is 3. The summed E-state index contributed by atoms with van der Waals surface area (Å²) >= 11 is 0. The van der Waals surface area contributed by atoms with Gasteiger partial charge in [0.1, 0.15) is 11.8 Å². The average Bonchev–Trinajstić information content (AvgIpc) is 3.02. The number of benzene rings is 4. The fraction of sp³-hybridized carbons (Fsp3) is 0.351. The maximum Gasteiger partial charge on any atom is 0.169 e. The molecule has 0 saturated heterocycles. The van der Waals surface area contributed by atoms with E-state index < -0.39 is 0 Å². The Balaban J connectivity index is 1.19. The third-order valence-electron chi connectivity index (χ3n) is 9.70. The first-order valence-corrected chi connectivity index (χ1v) is 15.5. The Bertz CT molecular complexity index is 1700. The van der Waals surface area contributed by atoms with Crippen molar-refractivity contribution in [1.29, 1.82) is 0 Å². The van der Waals surface area contributed by atoms with Gasteiger partial charge in [0.2, 0.25) is 0 Å². The molecule has 0 unspecified atom stereocenters. The number of quaternary nitrogens is 1.